The Morgan fingerprint density at radius 3 is 2.27 bits per heavy atom. The van der Waals surface area contributed by atoms with Crippen molar-refractivity contribution in [2.24, 2.45) is 0 Å². The standard InChI is InChI=1S/C8H12F3NO3/c1-2-5(6(13)14)12-3-7(15,4-12)8(9,10)11/h5,15H,2-4H2,1H3,(H,13,14). The van der Waals surface area contributed by atoms with E-state index in [1.807, 2.05) is 0 Å². The van der Waals surface area contributed by atoms with Crippen LogP contribution in [-0.2, 0) is 4.79 Å². The third-order valence-corrected chi connectivity index (χ3v) is 2.57. The van der Waals surface area contributed by atoms with Crippen molar-refractivity contribution in [2.75, 3.05) is 13.1 Å². The minimum absolute atomic E-state index is 0.212. The zero-order valence-corrected chi connectivity index (χ0v) is 8.08. The molecule has 1 saturated heterocycles. The monoisotopic (exact) mass is 227 g/mol. The predicted molar refractivity (Wildman–Crippen MR) is 44.3 cm³/mol. The number of alkyl halides is 3. The van der Waals surface area contributed by atoms with Gasteiger partial charge in [-0.25, -0.2) is 0 Å². The number of hydrogen-bond acceptors (Lipinski definition) is 3. The van der Waals surface area contributed by atoms with Crippen molar-refractivity contribution >= 4 is 5.97 Å². The van der Waals surface area contributed by atoms with Crippen LogP contribution in [0.25, 0.3) is 0 Å². The molecule has 88 valence electrons. The van der Waals surface area contributed by atoms with E-state index in [4.69, 9.17) is 10.2 Å². The number of halogens is 3. The molecule has 1 rings (SSSR count). The Balaban J connectivity index is 2.60. The quantitative estimate of drug-likeness (QED) is 0.735. The van der Waals surface area contributed by atoms with Crippen molar-refractivity contribution in [3.05, 3.63) is 0 Å². The number of aliphatic carboxylic acids is 1. The van der Waals surface area contributed by atoms with Crippen LogP contribution >= 0.6 is 0 Å². The van der Waals surface area contributed by atoms with Crippen LogP contribution in [0.1, 0.15) is 13.3 Å². The largest absolute Gasteiger partial charge is 0.480 e. The Morgan fingerprint density at radius 1 is 1.53 bits per heavy atom. The smallest absolute Gasteiger partial charge is 0.419 e. The van der Waals surface area contributed by atoms with Crippen molar-refractivity contribution in [1.29, 1.82) is 0 Å². The van der Waals surface area contributed by atoms with Gasteiger partial charge in [0.1, 0.15) is 6.04 Å². The van der Waals surface area contributed by atoms with Crippen LogP contribution in [0.15, 0.2) is 0 Å². The second-order valence-corrected chi connectivity index (χ2v) is 3.70. The van der Waals surface area contributed by atoms with Crippen LogP contribution in [0.4, 0.5) is 13.2 Å². The van der Waals surface area contributed by atoms with Crippen LogP contribution in [0.2, 0.25) is 0 Å². The van der Waals surface area contributed by atoms with Gasteiger partial charge in [-0.3, -0.25) is 9.69 Å². The highest BCUT2D eigenvalue weighted by Gasteiger charge is 2.62. The topological polar surface area (TPSA) is 60.8 Å². The minimum Gasteiger partial charge on any atom is -0.480 e. The van der Waals surface area contributed by atoms with Gasteiger partial charge in [0.15, 0.2) is 5.60 Å². The maximum atomic E-state index is 12.2. The molecule has 15 heavy (non-hydrogen) atoms. The van der Waals surface area contributed by atoms with Gasteiger partial charge < -0.3 is 10.2 Å². The predicted octanol–water partition coefficient (Wildman–Crippen LogP) is 0.459. The Hall–Kier alpha value is -0.820. The van der Waals surface area contributed by atoms with Gasteiger partial charge in [0.25, 0.3) is 0 Å². The second kappa shape index (κ2) is 3.64. The summed E-state index contributed by atoms with van der Waals surface area (Å²) in [6.07, 6.45) is -4.48. The molecule has 0 spiro atoms. The number of hydrogen-bond donors (Lipinski definition) is 2. The summed E-state index contributed by atoms with van der Waals surface area (Å²) in [6.45, 7) is 0.242. The lowest BCUT2D eigenvalue weighted by atomic mass is 9.91. The summed E-state index contributed by atoms with van der Waals surface area (Å²) in [5.74, 6) is -1.17. The molecule has 0 aromatic rings. The highest BCUT2D eigenvalue weighted by molar-refractivity contribution is 5.73. The average Bonchev–Trinajstić information content (AvgIpc) is 1.99. The number of likely N-dealkylation sites (tertiary alicyclic amines) is 1. The molecule has 2 N–H and O–H groups in total. The third-order valence-electron chi connectivity index (χ3n) is 2.57. The fourth-order valence-electron chi connectivity index (χ4n) is 1.61. The summed E-state index contributed by atoms with van der Waals surface area (Å²) >= 11 is 0. The molecule has 0 radical (unpaired) electrons. The minimum atomic E-state index is -4.69. The highest BCUT2D eigenvalue weighted by Crippen LogP contribution is 2.38. The molecule has 0 aromatic heterocycles. The van der Waals surface area contributed by atoms with Gasteiger partial charge in [0, 0.05) is 13.1 Å². The molecule has 4 nitrogen and oxygen atoms in total. The molecule has 0 bridgehead atoms. The second-order valence-electron chi connectivity index (χ2n) is 3.70. The Bertz CT molecular complexity index is 260. The van der Waals surface area contributed by atoms with E-state index < -0.39 is 36.9 Å². The summed E-state index contributed by atoms with van der Waals surface area (Å²) in [7, 11) is 0. The summed E-state index contributed by atoms with van der Waals surface area (Å²) < 4.78 is 36.6. The molecule has 0 saturated carbocycles. The van der Waals surface area contributed by atoms with Crippen LogP contribution in [0.3, 0.4) is 0 Å². The molecular weight excluding hydrogens is 215 g/mol. The zero-order valence-electron chi connectivity index (χ0n) is 8.08. The van der Waals surface area contributed by atoms with Crippen molar-refractivity contribution in [3.63, 3.8) is 0 Å². The van der Waals surface area contributed by atoms with Gasteiger partial charge in [-0.2, -0.15) is 13.2 Å². The summed E-state index contributed by atoms with van der Waals surface area (Å²) in [4.78, 5) is 11.7. The van der Waals surface area contributed by atoms with E-state index in [9.17, 15) is 18.0 Å². The zero-order chi connectivity index (χ0) is 11.9. The van der Waals surface area contributed by atoms with E-state index in [1.165, 1.54) is 0 Å². The first-order valence-electron chi connectivity index (χ1n) is 4.47. The van der Waals surface area contributed by atoms with Crippen LogP contribution in [0, 0.1) is 0 Å². The molecule has 0 aliphatic carbocycles. The van der Waals surface area contributed by atoms with E-state index in [0.717, 1.165) is 4.90 Å². The normalized spacial score (nSPS) is 23.3. The molecule has 1 heterocycles. The van der Waals surface area contributed by atoms with E-state index >= 15 is 0 Å². The van der Waals surface area contributed by atoms with Gasteiger partial charge in [-0.15, -0.1) is 0 Å². The molecule has 1 aliphatic rings. The number of nitrogens with zero attached hydrogens (tertiary/aromatic N) is 1. The first-order chi connectivity index (χ1) is 6.71. The molecule has 7 heteroatoms. The van der Waals surface area contributed by atoms with Crippen LogP contribution in [-0.4, -0.2) is 52.0 Å². The molecule has 0 aromatic carbocycles. The molecule has 1 unspecified atom stereocenters. The Kier molecular flexibility index (Phi) is 2.97. The maximum absolute atomic E-state index is 12.2. The summed E-state index contributed by atoms with van der Waals surface area (Å²) in [5, 5.41) is 17.8. The number of aliphatic hydroxyl groups is 1. The number of β-amino-alcohol motifs (C(OH)–C–C–N with tert-alkyl or cyclic N) is 1. The lowest BCUT2D eigenvalue weighted by Crippen LogP contribution is -2.71. The van der Waals surface area contributed by atoms with Gasteiger partial charge in [-0.05, 0) is 6.42 Å². The fraction of sp³-hybridized carbons (Fsp3) is 0.875. The number of carbonyl (C=O) groups is 1. The average molecular weight is 227 g/mol. The molecule has 1 fully saturated rings. The Morgan fingerprint density at radius 2 is 2.00 bits per heavy atom. The highest BCUT2D eigenvalue weighted by atomic mass is 19.4. The van der Waals surface area contributed by atoms with E-state index in [2.05, 4.69) is 0 Å². The SMILES string of the molecule is CCC(C(=O)O)N1CC(O)(C(F)(F)F)C1. The van der Waals surface area contributed by atoms with Gasteiger partial charge in [-0.1, -0.05) is 6.92 Å². The van der Waals surface area contributed by atoms with E-state index in [-0.39, 0.29) is 6.42 Å². The number of rotatable bonds is 3. The molecular formula is C8H12F3NO3. The Labute approximate surface area is 84.3 Å². The van der Waals surface area contributed by atoms with Gasteiger partial charge in [0.2, 0.25) is 0 Å². The lowest BCUT2D eigenvalue weighted by Gasteiger charge is -2.49. The summed E-state index contributed by atoms with van der Waals surface area (Å²) in [6, 6.07) is -0.951. The van der Waals surface area contributed by atoms with Crippen molar-refractivity contribution in [1.82, 2.24) is 4.90 Å². The molecule has 0 amide bonds. The van der Waals surface area contributed by atoms with Crippen molar-refractivity contribution in [2.45, 2.75) is 31.2 Å². The van der Waals surface area contributed by atoms with Crippen molar-refractivity contribution in [3.8, 4) is 0 Å². The van der Waals surface area contributed by atoms with Crippen molar-refractivity contribution < 1.29 is 28.2 Å². The van der Waals surface area contributed by atoms with E-state index in [0.29, 0.717) is 0 Å². The third kappa shape index (κ3) is 2.07. The first-order valence-corrected chi connectivity index (χ1v) is 4.47. The number of carboxylic acids is 1. The van der Waals surface area contributed by atoms with Crippen LogP contribution < -0.4 is 0 Å². The van der Waals surface area contributed by atoms with Gasteiger partial charge in [0.05, 0.1) is 0 Å². The van der Waals surface area contributed by atoms with Crippen LogP contribution in [0.5, 0.6) is 0 Å². The maximum Gasteiger partial charge on any atom is 0.419 e. The summed E-state index contributed by atoms with van der Waals surface area (Å²) in [5.41, 5.74) is -2.74. The van der Waals surface area contributed by atoms with Gasteiger partial charge >= 0.3 is 12.1 Å². The first kappa shape index (κ1) is 12.3. The number of carboxylic acid groups (broad SMARTS) is 1. The molecule has 1 atom stereocenters. The van der Waals surface area contributed by atoms with E-state index in [1.54, 1.807) is 6.92 Å². The molecule has 1 aliphatic heterocycles. The lowest BCUT2D eigenvalue weighted by molar-refractivity contribution is -0.305. The fourth-order valence-corrected chi connectivity index (χ4v) is 1.61.